The van der Waals surface area contributed by atoms with E-state index in [0.29, 0.717) is 6.54 Å². The van der Waals surface area contributed by atoms with Crippen molar-refractivity contribution in [2.24, 2.45) is 0 Å². The van der Waals surface area contributed by atoms with Crippen molar-refractivity contribution in [1.29, 1.82) is 0 Å². The van der Waals surface area contributed by atoms with Crippen molar-refractivity contribution in [3.63, 3.8) is 0 Å². The highest BCUT2D eigenvalue weighted by atomic mass is 79.9. The van der Waals surface area contributed by atoms with Gasteiger partial charge in [0.25, 0.3) is 0 Å². The van der Waals surface area contributed by atoms with Gasteiger partial charge in [-0.05, 0) is 25.2 Å². The van der Waals surface area contributed by atoms with Crippen LogP contribution >= 0.6 is 27.3 Å². The van der Waals surface area contributed by atoms with E-state index >= 15 is 0 Å². The predicted octanol–water partition coefficient (Wildman–Crippen LogP) is 2.83. The molecule has 0 atom stereocenters. The van der Waals surface area contributed by atoms with Crippen LogP contribution in [0.15, 0.2) is 22.7 Å². The summed E-state index contributed by atoms with van der Waals surface area (Å²) >= 11 is 4.82. The molecule has 6 heteroatoms. The number of rotatable bonds is 3. The molecule has 0 saturated carbocycles. The Morgan fingerprint density at radius 3 is 3.00 bits per heavy atom. The zero-order valence-corrected chi connectivity index (χ0v) is 10.9. The van der Waals surface area contributed by atoms with E-state index in [1.165, 1.54) is 23.5 Å². The van der Waals surface area contributed by atoms with E-state index in [-0.39, 0.29) is 5.82 Å². The predicted molar refractivity (Wildman–Crippen MR) is 65.8 cm³/mol. The lowest BCUT2D eigenvalue weighted by Crippen LogP contribution is -2.04. The van der Waals surface area contributed by atoms with Gasteiger partial charge in [-0.15, -0.1) is 10.2 Å². The van der Waals surface area contributed by atoms with Crippen LogP contribution in [0.25, 0.3) is 10.6 Å². The molecular formula is C10H9BrFN3S. The van der Waals surface area contributed by atoms with Crippen molar-refractivity contribution in [2.75, 3.05) is 7.05 Å². The average molecular weight is 302 g/mol. The maximum Gasteiger partial charge on any atom is 0.149 e. The minimum absolute atomic E-state index is 0.274. The van der Waals surface area contributed by atoms with Crippen LogP contribution in [0.2, 0.25) is 0 Å². The Kier molecular flexibility index (Phi) is 3.63. The van der Waals surface area contributed by atoms with Crippen LogP contribution in [0.3, 0.4) is 0 Å². The molecule has 0 saturated heterocycles. The second kappa shape index (κ2) is 4.99. The number of hydrogen-bond donors (Lipinski definition) is 1. The maximum absolute atomic E-state index is 13.1. The fourth-order valence-corrected chi connectivity index (χ4v) is 2.69. The van der Waals surface area contributed by atoms with Crippen molar-refractivity contribution >= 4 is 27.3 Å². The molecule has 0 amide bonds. The molecule has 2 rings (SSSR count). The fraction of sp³-hybridized carbons (Fsp3) is 0.200. The highest BCUT2D eigenvalue weighted by Crippen LogP contribution is 2.30. The van der Waals surface area contributed by atoms with E-state index < -0.39 is 0 Å². The molecule has 1 aromatic heterocycles. The first-order chi connectivity index (χ1) is 7.70. The molecular weight excluding hydrogens is 293 g/mol. The fourth-order valence-electron chi connectivity index (χ4n) is 1.25. The molecule has 0 spiro atoms. The monoisotopic (exact) mass is 301 g/mol. The summed E-state index contributed by atoms with van der Waals surface area (Å²) in [5.41, 5.74) is 0.736. The Labute approximate surface area is 105 Å². The number of aromatic nitrogens is 2. The smallest absolute Gasteiger partial charge is 0.149 e. The van der Waals surface area contributed by atoms with E-state index in [4.69, 9.17) is 0 Å². The van der Waals surface area contributed by atoms with Gasteiger partial charge in [0.15, 0.2) is 0 Å². The van der Waals surface area contributed by atoms with Gasteiger partial charge in [0.2, 0.25) is 0 Å². The van der Waals surface area contributed by atoms with Gasteiger partial charge in [-0.1, -0.05) is 27.3 Å². The SMILES string of the molecule is CNCc1nnc(-c2cc(F)ccc2Br)s1. The van der Waals surface area contributed by atoms with Crippen molar-refractivity contribution in [3.05, 3.63) is 33.5 Å². The Morgan fingerprint density at radius 2 is 2.25 bits per heavy atom. The minimum atomic E-state index is -0.274. The summed E-state index contributed by atoms with van der Waals surface area (Å²) in [7, 11) is 1.85. The number of hydrogen-bond acceptors (Lipinski definition) is 4. The van der Waals surface area contributed by atoms with E-state index in [1.807, 2.05) is 7.05 Å². The highest BCUT2D eigenvalue weighted by Gasteiger charge is 2.10. The first kappa shape index (κ1) is 11.6. The second-order valence-corrected chi connectivity index (χ2v) is 5.07. The topological polar surface area (TPSA) is 37.8 Å². The standard InChI is InChI=1S/C10H9BrFN3S/c1-13-5-9-14-15-10(16-9)7-4-6(12)2-3-8(7)11/h2-4,13H,5H2,1H3. The largest absolute Gasteiger partial charge is 0.313 e. The number of halogens is 2. The normalized spacial score (nSPS) is 10.7. The van der Waals surface area contributed by atoms with Crippen molar-refractivity contribution < 1.29 is 4.39 Å². The molecule has 1 aromatic carbocycles. The van der Waals surface area contributed by atoms with Gasteiger partial charge >= 0.3 is 0 Å². The summed E-state index contributed by atoms with van der Waals surface area (Å²) in [5, 5.41) is 12.7. The van der Waals surface area contributed by atoms with E-state index in [0.717, 1.165) is 20.1 Å². The first-order valence-corrected chi connectivity index (χ1v) is 6.24. The molecule has 0 fully saturated rings. The minimum Gasteiger partial charge on any atom is -0.313 e. The molecule has 1 N–H and O–H groups in total. The Morgan fingerprint density at radius 1 is 1.44 bits per heavy atom. The van der Waals surface area contributed by atoms with Crippen LogP contribution in [0.1, 0.15) is 5.01 Å². The summed E-state index contributed by atoms with van der Waals surface area (Å²) in [5.74, 6) is -0.274. The summed E-state index contributed by atoms with van der Waals surface area (Å²) in [6.45, 7) is 0.671. The molecule has 0 radical (unpaired) electrons. The molecule has 0 aliphatic rings. The summed E-state index contributed by atoms with van der Waals surface area (Å²) in [4.78, 5) is 0. The van der Waals surface area contributed by atoms with Gasteiger partial charge in [0, 0.05) is 16.6 Å². The lowest BCUT2D eigenvalue weighted by atomic mass is 10.2. The van der Waals surface area contributed by atoms with E-state index in [1.54, 1.807) is 6.07 Å². The van der Waals surface area contributed by atoms with Crippen molar-refractivity contribution in [1.82, 2.24) is 15.5 Å². The zero-order valence-electron chi connectivity index (χ0n) is 8.50. The van der Waals surface area contributed by atoms with Gasteiger partial charge in [0.1, 0.15) is 15.8 Å². The molecule has 2 aromatic rings. The zero-order chi connectivity index (χ0) is 11.5. The van der Waals surface area contributed by atoms with Crippen LogP contribution in [0.5, 0.6) is 0 Å². The molecule has 0 unspecified atom stereocenters. The number of benzene rings is 1. The summed E-state index contributed by atoms with van der Waals surface area (Å²) < 4.78 is 13.9. The molecule has 3 nitrogen and oxygen atoms in total. The van der Waals surface area contributed by atoms with Crippen LogP contribution in [-0.2, 0) is 6.54 Å². The lowest BCUT2D eigenvalue weighted by Gasteiger charge is -1.99. The summed E-state index contributed by atoms with van der Waals surface area (Å²) in [6, 6.07) is 4.53. The third-order valence-corrected chi connectivity index (χ3v) is 3.60. The molecule has 0 bridgehead atoms. The second-order valence-electron chi connectivity index (χ2n) is 3.16. The van der Waals surface area contributed by atoms with Crippen LogP contribution in [0, 0.1) is 5.82 Å². The van der Waals surface area contributed by atoms with Crippen LogP contribution in [0.4, 0.5) is 4.39 Å². The number of nitrogens with one attached hydrogen (secondary N) is 1. The third kappa shape index (κ3) is 2.45. The molecule has 0 aliphatic heterocycles. The molecule has 1 heterocycles. The van der Waals surface area contributed by atoms with Gasteiger partial charge < -0.3 is 5.32 Å². The van der Waals surface area contributed by atoms with Gasteiger partial charge in [-0.25, -0.2) is 4.39 Å². The quantitative estimate of drug-likeness (QED) is 0.947. The van der Waals surface area contributed by atoms with E-state index in [2.05, 4.69) is 31.4 Å². The average Bonchev–Trinajstić information content (AvgIpc) is 2.71. The van der Waals surface area contributed by atoms with Crippen molar-refractivity contribution in [3.8, 4) is 10.6 Å². The van der Waals surface area contributed by atoms with Gasteiger partial charge in [-0.2, -0.15) is 0 Å². The van der Waals surface area contributed by atoms with Crippen LogP contribution < -0.4 is 5.32 Å². The molecule has 84 valence electrons. The number of nitrogens with zero attached hydrogens (tertiary/aromatic N) is 2. The van der Waals surface area contributed by atoms with Gasteiger partial charge in [0.05, 0.1) is 0 Å². The Bertz CT molecular complexity index is 501. The molecule has 16 heavy (non-hydrogen) atoms. The first-order valence-electron chi connectivity index (χ1n) is 4.63. The van der Waals surface area contributed by atoms with Crippen molar-refractivity contribution in [2.45, 2.75) is 6.54 Å². The maximum atomic E-state index is 13.1. The Hall–Kier alpha value is -0.850. The Balaban J connectivity index is 2.38. The van der Waals surface area contributed by atoms with Gasteiger partial charge in [-0.3, -0.25) is 0 Å². The van der Waals surface area contributed by atoms with Crippen LogP contribution in [-0.4, -0.2) is 17.2 Å². The molecule has 0 aliphatic carbocycles. The lowest BCUT2D eigenvalue weighted by molar-refractivity contribution is 0.628. The third-order valence-electron chi connectivity index (χ3n) is 1.95. The summed E-state index contributed by atoms with van der Waals surface area (Å²) in [6.07, 6.45) is 0. The van der Waals surface area contributed by atoms with E-state index in [9.17, 15) is 4.39 Å². The highest BCUT2D eigenvalue weighted by molar-refractivity contribution is 9.10.